The summed E-state index contributed by atoms with van der Waals surface area (Å²) in [6.45, 7) is 5.81. The van der Waals surface area contributed by atoms with E-state index in [1.165, 1.54) is 0 Å². The van der Waals surface area contributed by atoms with Crippen LogP contribution in [0.3, 0.4) is 0 Å². The van der Waals surface area contributed by atoms with Gasteiger partial charge in [0.2, 0.25) is 0 Å². The van der Waals surface area contributed by atoms with E-state index in [1.807, 2.05) is 0 Å². The molecule has 2 rings (SSSR count). The lowest BCUT2D eigenvalue weighted by Gasteiger charge is -2.43. The molecular weight excluding hydrogens is 166 g/mol. The fourth-order valence-electron chi connectivity index (χ4n) is 2.18. The van der Waals surface area contributed by atoms with Crippen molar-refractivity contribution in [3.63, 3.8) is 0 Å². The first-order valence-corrected chi connectivity index (χ1v) is 5.31. The highest BCUT2D eigenvalue weighted by molar-refractivity contribution is 4.90. The van der Waals surface area contributed by atoms with Crippen molar-refractivity contribution in [3.05, 3.63) is 0 Å². The second-order valence-corrected chi connectivity index (χ2v) is 4.12. The zero-order valence-electron chi connectivity index (χ0n) is 8.34. The molecule has 2 atom stereocenters. The van der Waals surface area contributed by atoms with Gasteiger partial charge < -0.3 is 14.8 Å². The van der Waals surface area contributed by atoms with Gasteiger partial charge in [-0.25, -0.2) is 0 Å². The lowest BCUT2D eigenvalue weighted by Crippen LogP contribution is -2.57. The van der Waals surface area contributed by atoms with Crippen molar-refractivity contribution < 1.29 is 9.47 Å². The van der Waals surface area contributed by atoms with Gasteiger partial charge in [0.25, 0.3) is 0 Å². The molecule has 0 aromatic heterocycles. The van der Waals surface area contributed by atoms with Crippen LogP contribution in [0.15, 0.2) is 0 Å². The molecule has 2 fully saturated rings. The highest BCUT2D eigenvalue weighted by Gasteiger charge is 2.38. The van der Waals surface area contributed by atoms with Gasteiger partial charge in [-0.2, -0.15) is 0 Å². The van der Waals surface area contributed by atoms with Gasteiger partial charge in [0.15, 0.2) is 0 Å². The average molecular weight is 185 g/mol. The number of nitrogens with one attached hydrogen (secondary N) is 1. The van der Waals surface area contributed by atoms with E-state index in [2.05, 4.69) is 12.2 Å². The van der Waals surface area contributed by atoms with Crippen LogP contribution in [-0.2, 0) is 9.47 Å². The third-order valence-corrected chi connectivity index (χ3v) is 2.98. The van der Waals surface area contributed by atoms with Crippen molar-refractivity contribution in [2.45, 2.75) is 37.9 Å². The summed E-state index contributed by atoms with van der Waals surface area (Å²) >= 11 is 0. The summed E-state index contributed by atoms with van der Waals surface area (Å²) in [5.41, 5.74) is -0.00280. The van der Waals surface area contributed by atoms with E-state index < -0.39 is 0 Å². The second kappa shape index (κ2) is 3.95. The third-order valence-electron chi connectivity index (χ3n) is 2.98. The van der Waals surface area contributed by atoms with Gasteiger partial charge in [0.1, 0.15) is 5.60 Å². The molecular formula is C10H19NO2. The topological polar surface area (TPSA) is 30.5 Å². The Morgan fingerprint density at radius 3 is 3.15 bits per heavy atom. The number of hydrogen-bond donors (Lipinski definition) is 1. The molecule has 0 saturated carbocycles. The van der Waals surface area contributed by atoms with E-state index in [-0.39, 0.29) is 5.60 Å². The Hall–Kier alpha value is -0.120. The van der Waals surface area contributed by atoms with Gasteiger partial charge in [-0.1, -0.05) is 6.92 Å². The Morgan fingerprint density at radius 1 is 1.54 bits per heavy atom. The summed E-state index contributed by atoms with van der Waals surface area (Å²) in [5, 5.41) is 3.44. The quantitative estimate of drug-likeness (QED) is 0.659. The first-order valence-electron chi connectivity index (χ1n) is 5.31. The fraction of sp³-hybridized carbons (Fsp3) is 1.00. The minimum absolute atomic E-state index is 0.00280. The molecule has 13 heavy (non-hydrogen) atoms. The first-order chi connectivity index (χ1) is 6.35. The van der Waals surface area contributed by atoms with Crippen LogP contribution >= 0.6 is 0 Å². The Bertz CT molecular complexity index is 161. The summed E-state index contributed by atoms with van der Waals surface area (Å²) < 4.78 is 11.6. The molecule has 2 saturated heterocycles. The smallest absolute Gasteiger partial charge is 0.104 e. The summed E-state index contributed by atoms with van der Waals surface area (Å²) in [7, 11) is 0. The molecule has 0 aromatic carbocycles. The van der Waals surface area contributed by atoms with Gasteiger partial charge >= 0.3 is 0 Å². The van der Waals surface area contributed by atoms with E-state index in [4.69, 9.17) is 9.47 Å². The number of ether oxygens (including phenoxy) is 2. The number of rotatable bonds is 1. The molecule has 0 bridgehead atoms. The molecule has 3 nitrogen and oxygen atoms in total. The third kappa shape index (κ3) is 2.03. The number of hydrogen-bond acceptors (Lipinski definition) is 3. The molecule has 3 heteroatoms. The fourth-order valence-corrected chi connectivity index (χ4v) is 2.18. The highest BCUT2D eigenvalue weighted by atomic mass is 16.6. The van der Waals surface area contributed by atoms with E-state index in [0.29, 0.717) is 6.10 Å². The summed E-state index contributed by atoms with van der Waals surface area (Å²) in [5.74, 6) is 0. The minimum atomic E-state index is -0.00280. The molecule has 2 aliphatic heterocycles. The van der Waals surface area contributed by atoms with Crippen LogP contribution in [0.1, 0.15) is 26.2 Å². The molecule has 0 aliphatic carbocycles. The van der Waals surface area contributed by atoms with Crippen LogP contribution in [0.5, 0.6) is 0 Å². The van der Waals surface area contributed by atoms with Crippen LogP contribution in [0.4, 0.5) is 0 Å². The monoisotopic (exact) mass is 185 g/mol. The normalized spacial score (nSPS) is 40.8. The Kier molecular flexibility index (Phi) is 2.86. The molecule has 0 amide bonds. The average Bonchev–Trinajstić information content (AvgIpc) is 2.19. The zero-order valence-corrected chi connectivity index (χ0v) is 8.34. The van der Waals surface area contributed by atoms with Gasteiger partial charge in [-0.15, -0.1) is 0 Å². The summed E-state index contributed by atoms with van der Waals surface area (Å²) in [6.07, 6.45) is 3.76. The highest BCUT2D eigenvalue weighted by Crippen LogP contribution is 2.27. The maximum absolute atomic E-state index is 6.08. The van der Waals surface area contributed by atoms with E-state index in [9.17, 15) is 0 Å². The molecule has 0 unspecified atom stereocenters. The predicted molar refractivity (Wildman–Crippen MR) is 50.8 cm³/mol. The minimum Gasteiger partial charge on any atom is -0.378 e. The van der Waals surface area contributed by atoms with Crippen molar-refractivity contribution in [1.29, 1.82) is 0 Å². The van der Waals surface area contributed by atoms with Gasteiger partial charge in [0.05, 0.1) is 12.7 Å². The van der Waals surface area contributed by atoms with Crippen LogP contribution in [0.25, 0.3) is 0 Å². The predicted octanol–water partition coefficient (Wildman–Crippen LogP) is 0.934. The molecule has 0 radical (unpaired) electrons. The largest absolute Gasteiger partial charge is 0.378 e. The van der Waals surface area contributed by atoms with Gasteiger partial charge in [0, 0.05) is 19.7 Å². The standard InChI is InChI=1S/C10H19NO2/c1-2-9-6-11-7-10(13-9)4-3-5-12-8-10/h9,11H,2-8H2,1H3/t9-,10-/m0/s1. The van der Waals surface area contributed by atoms with E-state index in [1.54, 1.807) is 0 Å². The van der Waals surface area contributed by atoms with E-state index in [0.717, 1.165) is 45.6 Å². The zero-order chi connectivity index (χ0) is 9.15. The van der Waals surface area contributed by atoms with Gasteiger partial charge in [-0.05, 0) is 19.3 Å². The molecule has 2 aliphatic rings. The van der Waals surface area contributed by atoms with Crippen LogP contribution in [0.2, 0.25) is 0 Å². The molecule has 76 valence electrons. The van der Waals surface area contributed by atoms with Crippen molar-refractivity contribution in [1.82, 2.24) is 5.32 Å². The Balaban J connectivity index is 1.95. The van der Waals surface area contributed by atoms with Crippen molar-refractivity contribution in [2.24, 2.45) is 0 Å². The van der Waals surface area contributed by atoms with E-state index >= 15 is 0 Å². The lowest BCUT2D eigenvalue weighted by atomic mass is 9.94. The molecule has 2 heterocycles. The van der Waals surface area contributed by atoms with Crippen LogP contribution in [0, 0.1) is 0 Å². The first kappa shape index (κ1) is 9.44. The molecule has 0 aromatic rings. The second-order valence-electron chi connectivity index (χ2n) is 4.12. The van der Waals surface area contributed by atoms with Gasteiger partial charge in [-0.3, -0.25) is 0 Å². The maximum atomic E-state index is 6.08. The maximum Gasteiger partial charge on any atom is 0.104 e. The SMILES string of the molecule is CC[C@H]1CNC[C@]2(CCCOC2)O1. The van der Waals surface area contributed by atoms with Crippen molar-refractivity contribution in [3.8, 4) is 0 Å². The van der Waals surface area contributed by atoms with Crippen LogP contribution in [-0.4, -0.2) is 38.0 Å². The summed E-state index contributed by atoms with van der Waals surface area (Å²) in [4.78, 5) is 0. The number of morpholine rings is 1. The molecule has 1 N–H and O–H groups in total. The van der Waals surface area contributed by atoms with Crippen molar-refractivity contribution in [2.75, 3.05) is 26.3 Å². The summed E-state index contributed by atoms with van der Waals surface area (Å²) in [6, 6.07) is 0. The Morgan fingerprint density at radius 2 is 2.46 bits per heavy atom. The molecule has 1 spiro atoms. The lowest BCUT2D eigenvalue weighted by molar-refractivity contribution is -0.173. The van der Waals surface area contributed by atoms with Crippen LogP contribution < -0.4 is 5.32 Å². The van der Waals surface area contributed by atoms with Crippen molar-refractivity contribution >= 4 is 0 Å². The Labute approximate surface area is 79.8 Å².